The zero-order chi connectivity index (χ0) is 34.1. The Morgan fingerprint density at radius 3 is 2.44 bits per heavy atom. The molecule has 2 aromatic heterocycles. The number of rotatable bonds is 6. The van der Waals surface area contributed by atoms with Crippen LogP contribution in [-0.2, 0) is 21.3 Å². The molecule has 6 rings (SSSR count). The van der Waals surface area contributed by atoms with E-state index in [0.29, 0.717) is 36.8 Å². The van der Waals surface area contributed by atoms with Gasteiger partial charge in [-0.2, -0.15) is 4.98 Å². The molecule has 1 amide bonds. The Morgan fingerprint density at radius 2 is 1.71 bits per heavy atom. The van der Waals surface area contributed by atoms with Crippen molar-refractivity contribution in [2.75, 3.05) is 29.9 Å². The van der Waals surface area contributed by atoms with E-state index in [1.165, 1.54) is 12.1 Å². The van der Waals surface area contributed by atoms with Crippen LogP contribution in [0.5, 0.6) is 5.88 Å². The van der Waals surface area contributed by atoms with Gasteiger partial charge in [-0.25, -0.2) is 23.1 Å². The first-order valence-electron chi connectivity index (χ1n) is 16.2. The number of nitrogens with one attached hydrogen (secondary N) is 2. The predicted octanol–water partition coefficient (Wildman–Crippen LogP) is 6.00. The number of sulfonamides is 1. The van der Waals surface area contributed by atoms with E-state index < -0.39 is 16.1 Å². The van der Waals surface area contributed by atoms with Gasteiger partial charge in [0.25, 0.3) is 15.9 Å². The van der Waals surface area contributed by atoms with Crippen molar-refractivity contribution in [2.24, 2.45) is 5.41 Å². The van der Waals surface area contributed by atoms with E-state index in [1.807, 2.05) is 50.2 Å². The highest BCUT2D eigenvalue weighted by molar-refractivity contribution is 7.92. The third kappa shape index (κ3) is 7.77. The molecule has 2 aromatic carbocycles. The van der Waals surface area contributed by atoms with Gasteiger partial charge in [-0.15, -0.1) is 0 Å². The van der Waals surface area contributed by atoms with Gasteiger partial charge in [0, 0.05) is 23.8 Å². The fourth-order valence-electron chi connectivity index (χ4n) is 6.23. The lowest BCUT2D eigenvalue weighted by Gasteiger charge is -2.35. The standard InChI is InChI=1S/C36H42N6O5S/c1-23-9-6-10-24(2)33(23)30-18-32-40-35(39-30)41-48(44,45)29-13-7-11-25(17-29)34(43)42(28(22-47-32)19-36(3,4)5)20-26-12-8-14-31(37-26)38-27-15-16-46-21-27/h6-14,17-18,27-28H,15-16,19-22H2,1-5H3,(H,37,38)(H,39,40,41)/t27?,28-/m1/s1. The van der Waals surface area contributed by atoms with Crippen LogP contribution in [0.3, 0.4) is 0 Å². The summed E-state index contributed by atoms with van der Waals surface area (Å²) in [5.74, 6) is 0.450. The molecule has 2 aliphatic rings. The Balaban J connectivity index is 1.45. The Hall–Kier alpha value is -4.55. The van der Waals surface area contributed by atoms with Gasteiger partial charge < -0.3 is 19.7 Å². The van der Waals surface area contributed by atoms with Crippen molar-refractivity contribution in [2.45, 2.75) is 71.0 Å². The van der Waals surface area contributed by atoms with E-state index in [1.54, 1.807) is 23.1 Å². The maximum atomic E-state index is 14.5. The number of anilines is 2. The Kier molecular flexibility index (Phi) is 9.39. The lowest BCUT2D eigenvalue weighted by Crippen LogP contribution is -2.45. The van der Waals surface area contributed by atoms with Gasteiger partial charge in [-0.1, -0.05) is 51.1 Å². The number of aromatic nitrogens is 3. The van der Waals surface area contributed by atoms with Crippen molar-refractivity contribution < 1.29 is 22.7 Å². The fourth-order valence-corrected chi connectivity index (χ4v) is 7.22. The van der Waals surface area contributed by atoms with Crippen molar-refractivity contribution >= 4 is 27.7 Å². The highest BCUT2D eigenvalue weighted by Gasteiger charge is 2.32. The van der Waals surface area contributed by atoms with Crippen LogP contribution in [0.1, 0.15) is 60.8 Å². The second-order valence-corrected chi connectivity index (χ2v) is 15.4. The quantitative estimate of drug-likeness (QED) is 0.253. The van der Waals surface area contributed by atoms with Crippen LogP contribution in [0.4, 0.5) is 11.8 Å². The van der Waals surface area contributed by atoms with Crippen molar-refractivity contribution in [3.8, 4) is 17.1 Å². The molecule has 0 aliphatic carbocycles. The highest BCUT2D eigenvalue weighted by atomic mass is 32.2. The molecule has 1 fully saturated rings. The average molecular weight is 671 g/mol. The van der Waals surface area contributed by atoms with E-state index >= 15 is 0 Å². The number of carbonyl (C=O) groups is 1. The summed E-state index contributed by atoms with van der Waals surface area (Å²) in [6.07, 6.45) is 1.49. The van der Waals surface area contributed by atoms with Crippen molar-refractivity contribution in [1.29, 1.82) is 0 Å². The molecule has 1 unspecified atom stereocenters. The number of fused-ring (bicyclic) bond motifs is 4. The molecule has 0 spiro atoms. The van der Waals surface area contributed by atoms with Crippen LogP contribution in [0.25, 0.3) is 11.3 Å². The summed E-state index contributed by atoms with van der Waals surface area (Å²) in [4.78, 5) is 30.1. The van der Waals surface area contributed by atoms with E-state index in [-0.39, 0.29) is 52.8 Å². The largest absolute Gasteiger partial charge is 0.475 e. The molecule has 2 N–H and O–H groups in total. The molecular formula is C36H42N6O5S. The topological polar surface area (TPSA) is 136 Å². The summed E-state index contributed by atoms with van der Waals surface area (Å²) in [5.41, 5.74) is 4.08. The van der Waals surface area contributed by atoms with Gasteiger partial charge in [0.1, 0.15) is 12.4 Å². The van der Waals surface area contributed by atoms with E-state index in [2.05, 4.69) is 40.8 Å². The molecule has 1 saturated heterocycles. The molecule has 2 atom stereocenters. The molecule has 0 radical (unpaired) electrons. The number of aryl methyl sites for hydroxylation is 2. The van der Waals surface area contributed by atoms with Crippen molar-refractivity contribution in [3.05, 3.63) is 89.1 Å². The summed E-state index contributed by atoms with van der Waals surface area (Å²) in [6, 6.07) is 19.1. The van der Waals surface area contributed by atoms with Gasteiger partial charge in [0.15, 0.2) is 0 Å². The first-order chi connectivity index (χ1) is 22.8. The molecule has 2 aliphatic heterocycles. The summed E-state index contributed by atoms with van der Waals surface area (Å²) >= 11 is 0. The minimum absolute atomic E-state index is 0.0773. The minimum Gasteiger partial charge on any atom is -0.475 e. The van der Waals surface area contributed by atoms with E-state index in [0.717, 1.165) is 23.1 Å². The molecule has 4 aromatic rings. The molecular weight excluding hydrogens is 629 g/mol. The second kappa shape index (κ2) is 13.5. The first-order valence-corrected chi connectivity index (χ1v) is 17.7. The molecule has 11 nitrogen and oxygen atoms in total. The lowest BCUT2D eigenvalue weighted by molar-refractivity contribution is 0.0509. The van der Waals surface area contributed by atoms with Gasteiger partial charge >= 0.3 is 0 Å². The Labute approximate surface area is 282 Å². The summed E-state index contributed by atoms with van der Waals surface area (Å²) < 4.78 is 41.8. The van der Waals surface area contributed by atoms with Gasteiger partial charge in [-0.05, 0) is 73.6 Å². The first kappa shape index (κ1) is 33.4. The number of pyridine rings is 1. The summed E-state index contributed by atoms with van der Waals surface area (Å²) in [6.45, 7) is 11.9. The normalized spacial score (nSPS) is 19.4. The molecule has 4 heterocycles. The molecule has 4 bridgehead atoms. The van der Waals surface area contributed by atoms with Gasteiger partial charge in [0.05, 0.1) is 41.5 Å². The summed E-state index contributed by atoms with van der Waals surface area (Å²) in [5, 5.41) is 3.43. The zero-order valence-electron chi connectivity index (χ0n) is 28.0. The zero-order valence-corrected chi connectivity index (χ0v) is 28.8. The number of amides is 1. The number of hydrogen-bond acceptors (Lipinski definition) is 9. The number of nitrogens with zero attached hydrogens (tertiary/aromatic N) is 4. The number of carbonyl (C=O) groups excluding carboxylic acids is 1. The van der Waals surface area contributed by atoms with Gasteiger partial charge in [-0.3, -0.25) is 4.79 Å². The Bertz CT molecular complexity index is 1900. The van der Waals surface area contributed by atoms with Crippen LogP contribution < -0.4 is 14.8 Å². The number of ether oxygens (including phenoxy) is 2. The lowest BCUT2D eigenvalue weighted by atomic mass is 9.87. The van der Waals surface area contributed by atoms with Crippen LogP contribution in [0, 0.1) is 19.3 Å². The smallest absolute Gasteiger partial charge is 0.264 e. The third-order valence-corrected chi connectivity index (χ3v) is 9.78. The van der Waals surface area contributed by atoms with E-state index in [4.69, 9.17) is 14.5 Å². The Morgan fingerprint density at radius 1 is 0.958 bits per heavy atom. The van der Waals surface area contributed by atoms with Crippen LogP contribution >= 0.6 is 0 Å². The predicted molar refractivity (Wildman–Crippen MR) is 185 cm³/mol. The maximum Gasteiger partial charge on any atom is 0.264 e. The second-order valence-electron chi connectivity index (χ2n) is 13.7. The van der Waals surface area contributed by atoms with Crippen LogP contribution in [-0.4, -0.2) is 66.1 Å². The van der Waals surface area contributed by atoms with Crippen LogP contribution in [0.2, 0.25) is 0 Å². The molecule has 48 heavy (non-hydrogen) atoms. The summed E-state index contributed by atoms with van der Waals surface area (Å²) in [7, 11) is -4.17. The average Bonchev–Trinajstić information content (AvgIpc) is 3.54. The fraction of sp³-hybridized carbons (Fsp3) is 0.389. The number of benzene rings is 2. The van der Waals surface area contributed by atoms with Crippen molar-refractivity contribution in [3.63, 3.8) is 0 Å². The third-order valence-electron chi connectivity index (χ3n) is 8.45. The van der Waals surface area contributed by atoms with Gasteiger partial charge in [0.2, 0.25) is 11.8 Å². The molecule has 12 heteroatoms. The van der Waals surface area contributed by atoms with E-state index in [9.17, 15) is 13.2 Å². The highest BCUT2D eigenvalue weighted by Crippen LogP contribution is 2.32. The monoisotopic (exact) mass is 670 g/mol. The van der Waals surface area contributed by atoms with Crippen molar-refractivity contribution in [1.82, 2.24) is 19.9 Å². The maximum absolute atomic E-state index is 14.5. The molecule has 0 saturated carbocycles. The van der Waals surface area contributed by atoms with Crippen LogP contribution in [0.15, 0.2) is 71.6 Å². The SMILES string of the molecule is Cc1cccc(C)c1-c1cc2nc(n1)NS(=O)(=O)c1cccc(c1)C(=O)N(Cc1cccc(NC3CCOC3)n1)[C@H](CC(C)(C)C)CO2. The number of hydrogen-bond donors (Lipinski definition) is 2. The molecule has 252 valence electrons. The minimum atomic E-state index is -4.17.